The first-order valence-corrected chi connectivity index (χ1v) is 7.45. The zero-order chi connectivity index (χ0) is 16.4. The highest BCUT2D eigenvalue weighted by atomic mass is 19.1. The van der Waals surface area contributed by atoms with E-state index in [4.69, 9.17) is 9.36 Å². The van der Waals surface area contributed by atoms with Crippen LogP contribution < -0.4 is 5.32 Å². The van der Waals surface area contributed by atoms with E-state index in [9.17, 15) is 4.39 Å². The molecule has 2 aromatic heterocycles. The molecule has 3 aromatic rings. The number of nitrogens with zero attached hydrogens (tertiary/aromatic N) is 4. The lowest BCUT2D eigenvalue weighted by Crippen LogP contribution is -2.20. The van der Waals surface area contributed by atoms with Gasteiger partial charge in [-0.05, 0) is 12.1 Å². The Balaban J connectivity index is 1.42. The number of hydrogen-bond donors (Lipinski definition) is 1. The van der Waals surface area contributed by atoms with Crippen LogP contribution in [0.5, 0.6) is 0 Å². The predicted molar refractivity (Wildman–Crippen MR) is 84.5 cm³/mol. The predicted octanol–water partition coefficient (Wildman–Crippen LogP) is 2.60. The fourth-order valence-electron chi connectivity index (χ4n) is 2.53. The topological polar surface area (TPSA) is 77.5 Å². The van der Waals surface area contributed by atoms with Gasteiger partial charge in [0.1, 0.15) is 18.2 Å². The Bertz CT molecular complexity index is 845. The van der Waals surface area contributed by atoms with Gasteiger partial charge in [-0.15, -0.1) is 0 Å². The monoisotopic (exact) mass is 327 g/mol. The molecule has 3 heterocycles. The van der Waals surface area contributed by atoms with Gasteiger partial charge in [0.15, 0.2) is 5.82 Å². The van der Waals surface area contributed by atoms with Crippen molar-refractivity contribution < 1.29 is 13.8 Å². The highest BCUT2D eigenvalue weighted by molar-refractivity contribution is 6.01. The number of imidazole rings is 1. The molecule has 0 saturated heterocycles. The molecule has 1 atom stereocenters. The van der Waals surface area contributed by atoms with E-state index in [1.54, 1.807) is 35.4 Å². The van der Waals surface area contributed by atoms with Crippen LogP contribution >= 0.6 is 0 Å². The van der Waals surface area contributed by atoms with Crippen LogP contribution in [-0.4, -0.2) is 33.1 Å². The van der Waals surface area contributed by atoms with Crippen LogP contribution in [0.3, 0.4) is 0 Å². The second-order valence-electron chi connectivity index (χ2n) is 5.37. The molecule has 122 valence electrons. The summed E-state index contributed by atoms with van der Waals surface area (Å²) >= 11 is 0. The normalized spacial score (nSPS) is 16.7. The number of aromatic nitrogens is 3. The van der Waals surface area contributed by atoms with Gasteiger partial charge in [0, 0.05) is 30.4 Å². The van der Waals surface area contributed by atoms with Gasteiger partial charge < -0.3 is 19.2 Å². The van der Waals surface area contributed by atoms with E-state index in [1.807, 2.05) is 6.07 Å². The van der Waals surface area contributed by atoms with Crippen LogP contribution in [-0.2, 0) is 4.84 Å². The Labute approximate surface area is 136 Å². The molecule has 0 amide bonds. The van der Waals surface area contributed by atoms with E-state index in [0.29, 0.717) is 30.0 Å². The molecule has 1 aromatic carbocycles. The third kappa shape index (κ3) is 2.85. The first kappa shape index (κ1) is 14.4. The number of hydrogen-bond acceptors (Lipinski definition) is 6. The molecule has 0 saturated carbocycles. The Hall–Kier alpha value is -3.16. The summed E-state index contributed by atoms with van der Waals surface area (Å²) in [6.07, 6.45) is 6.81. The second kappa shape index (κ2) is 6.15. The van der Waals surface area contributed by atoms with Gasteiger partial charge in [-0.3, -0.25) is 0 Å². The minimum Gasteiger partial charge on any atom is -0.390 e. The summed E-state index contributed by atoms with van der Waals surface area (Å²) in [4.78, 5) is 9.31. The second-order valence-corrected chi connectivity index (χ2v) is 5.37. The molecule has 0 spiro atoms. The van der Waals surface area contributed by atoms with Crippen molar-refractivity contribution in [3.8, 4) is 5.69 Å². The fraction of sp³-hybridized carbons (Fsp3) is 0.188. The quantitative estimate of drug-likeness (QED) is 0.779. The Morgan fingerprint density at radius 2 is 2.29 bits per heavy atom. The summed E-state index contributed by atoms with van der Waals surface area (Å²) < 4.78 is 20.7. The largest absolute Gasteiger partial charge is 0.390 e. The van der Waals surface area contributed by atoms with Crippen molar-refractivity contribution in [1.82, 2.24) is 14.7 Å². The van der Waals surface area contributed by atoms with Gasteiger partial charge in [0.25, 0.3) is 0 Å². The van der Waals surface area contributed by atoms with E-state index in [1.165, 1.54) is 12.3 Å². The molecule has 0 bridgehead atoms. The maximum atomic E-state index is 14.3. The SMILES string of the molecule is Fc1cc(C2=NOC(CNc3ccon3)C2)ccc1-n1ccnc1. The van der Waals surface area contributed by atoms with Crippen molar-refractivity contribution in [2.24, 2.45) is 5.16 Å². The first-order valence-electron chi connectivity index (χ1n) is 7.45. The molecule has 8 heteroatoms. The average molecular weight is 327 g/mol. The molecule has 1 aliphatic rings. The molecule has 0 aliphatic carbocycles. The van der Waals surface area contributed by atoms with Crippen LogP contribution in [0.25, 0.3) is 5.69 Å². The Kier molecular flexibility index (Phi) is 3.70. The number of nitrogens with one attached hydrogen (secondary N) is 1. The standard InChI is InChI=1S/C16H14FN5O2/c17-13-7-11(1-2-15(13)22-5-4-18-10-22)14-8-12(24-20-14)9-19-16-3-6-23-21-16/h1-7,10,12H,8-9H2,(H,19,21). The fourth-order valence-corrected chi connectivity index (χ4v) is 2.53. The highest BCUT2D eigenvalue weighted by Gasteiger charge is 2.23. The van der Waals surface area contributed by atoms with Crippen LogP contribution in [0, 0.1) is 5.82 Å². The van der Waals surface area contributed by atoms with Crippen molar-refractivity contribution in [3.05, 3.63) is 60.6 Å². The van der Waals surface area contributed by atoms with Crippen molar-refractivity contribution >= 4 is 11.5 Å². The summed E-state index contributed by atoms with van der Waals surface area (Å²) in [5.41, 5.74) is 1.87. The molecular formula is C16H14FN5O2. The molecule has 7 nitrogen and oxygen atoms in total. The summed E-state index contributed by atoms with van der Waals surface area (Å²) in [5.74, 6) is 0.306. The molecule has 1 unspecified atom stereocenters. The smallest absolute Gasteiger partial charge is 0.169 e. The lowest BCUT2D eigenvalue weighted by Gasteiger charge is -2.08. The maximum Gasteiger partial charge on any atom is 0.169 e. The third-order valence-electron chi connectivity index (χ3n) is 3.75. The van der Waals surface area contributed by atoms with Gasteiger partial charge in [0.05, 0.1) is 24.3 Å². The number of rotatable bonds is 5. The molecule has 1 aliphatic heterocycles. The summed E-state index contributed by atoms with van der Waals surface area (Å²) in [5, 5.41) is 10.9. The molecule has 0 fully saturated rings. The Morgan fingerprint density at radius 3 is 3.04 bits per heavy atom. The van der Waals surface area contributed by atoms with Crippen LogP contribution in [0.4, 0.5) is 10.2 Å². The van der Waals surface area contributed by atoms with E-state index >= 15 is 0 Å². The molecule has 0 radical (unpaired) electrons. The lowest BCUT2D eigenvalue weighted by molar-refractivity contribution is 0.0948. The van der Waals surface area contributed by atoms with Crippen molar-refractivity contribution in [1.29, 1.82) is 0 Å². The minimum atomic E-state index is -0.336. The number of halogens is 1. The highest BCUT2D eigenvalue weighted by Crippen LogP contribution is 2.21. The number of benzene rings is 1. The van der Waals surface area contributed by atoms with Crippen molar-refractivity contribution in [2.45, 2.75) is 12.5 Å². The summed E-state index contributed by atoms with van der Waals surface area (Å²) in [6, 6.07) is 6.72. The van der Waals surface area contributed by atoms with Gasteiger partial charge >= 0.3 is 0 Å². The summed E-state index contributed by atoms with van der Waals surface area (Å²) in [7, 11) is 0. The average Bonchev–Trinajstić information content (AvgIpc) is 3.34. The Morgan fingerprint density at radius 1 is 1.33 bits per heavy atom. The first-order chi connectivity index (χ1) is 11.8. The van der Waals surface area contributed by atoms with Gasteiger partial charge in [0.2, 0.25) is 0 Å². The van der Waals surface area contributed by atoms with Gasteiger partial charge in [-0.1, -0.05) is 16.4 Å². The van der Waals surface area contributed by atoms with E-state index in [2.05, 4.69) is 20.6 Å². The van der Waals surface area contributed by atoms with Crippen LogP contribution in [0.15, 0.2) is 58.9 Å². The van der Waals surface area contributed by atoms with E-state index < -0.39 is 0 Å². The lowest BCUT2D eigenvalue weighted by atomic mass is 10.0. The number of oxime groups is 1. The zero-order valence-corrected chi connectivity index (χ0v) is 12.6. The third-order valence-corrected chi connectivity index (χ3v) is 3.75. The minimum absolute atomic E-state index is 0.131. The zero-order valence-electron chi connectivity index (χ0n) is 12.6. The maximum absolute atomic E-state index is 14.3. The van der Waals surface area contributed by atoms with Gasteiger partial charge in [-0.2, -0.15) is 0 Å². The number of anilines is 1. The van der Waals surface area contributed by atoms with Crippen LogP contribution in [0.1, 0.15) is 12.0 Å². The molecule has 24 heavy (non-hydrogen) atoms. The van der Waals surface area contributed by atoms with Crippen LogP contribution in [0.2, 0.25) is 0 Å². The molecule has 1 N–H and O–H groups in total. The molecule has 4 rings (SSSR count). The van der Waals surface area contributed by atoms with Gasteiger partial charge in [-0.25, -0.2) is 9.37 Å². The van der Waals surface area contributed by atoms with E-state index in [-0.39, 0.29) is 11.9 Å². The molecular weight excluding hydrogens is 313 g/mol. The summed E-state index contributed by atoms with van der Waals surface area (Å²) in [6.45, 7) is 0.537. The van der Waals surface area contributed by atoms with E-state index in [0.717, 1.165) is 5.71 Å². The van der Waals surface area contributed by atoms with Crippen molar-refractivity contribution in [2.75, 3.05) is 11.9 Å². The van der Waals surface area contributed by atoms with Crippen molar-refractivity contribution in [3.63, 3.8) is 0 Å².